The predicted octanol–water partition coefficient (Wildman–Crippen LogP) is 6.01. The van der Waals surface area contributed by atoms with Crippen LogP contribution in [0, 0.1) is 13.8 Å². The van der Waals surface area contributed by atoms with Gasteiger partial charge in [-0.2, -0.15) is 0 Å². The number of amides is 2. The number of rotatable bonds is 4. The number of benzene rings is 3. The van der Waals surface area contributed by atoms with E-state index in [-0.39, 0.29) is 5.70 Å². The number of imide groups is 1. The largest absolute Gasteiger partial charge is 0.350 e. The number of nitrogens with one attached hydrogen (secondary N) is 1. The van der Waals surface area contributed by atoms with E-state index in [1.54, 1.807) is 48.5 Å². The Bertz CT molecular complexity index is 1180. The van der Waals surface area contributed by atoms with Gasteiger partial charge in [0.2, 0.25) is 0 Å². The topological polar surface area (TPSA) is 49.4 Å². The lowest BCUT2D eigenvalue weighted by atomic mass is 10.0. The molecule has 0 fully saturated rings. The molecule has 0 aliphatic carbocycles. The molecule has 4 rings (SSSR count). The first-order valence-corrected chi connectivity index (χ1v) is 10.1. The van der Waals surface area contributed by atoms with Gasteiger partial charge in [0.25, 0.3) is 11.8 Å². The smallest absolute Gasteiger partial charge is 0.282 e. The fourth-order valence-electron chi connectivity index (χ4n) is 3.44. The van der Waals surface area contributed by atoms with E-state index < -0.39 is 11.8 Å². The zero-order valence-corrected chi connectivity index (χ0v) is 17.9. The summed E-state index contributed by atoms with van der Waals surface area (Å²) in [6.45, 7) is 3.96. The fraction of sp³-hybridized carbons (Fsp3) is 0.0833. The van der Waals surface area contributed by atoms with Crippen molar-refractivity contribution in [1.82, 2.24) is 0 Å². The monoisotopic (exact) mass is 436 g/mol. The molecular weight excluding hydrogens is 419 g/mol. The maximum atomic E-state index is 13.4. The maximum absolute atomic E-state index is 13.4. The van der Waals surface area contributed by atoms with Gasteiger partial charge in [0.15, 0.2) is 0 Å². The molecule has 3 aromatic rings. The molecule has 0 aromatic heterocycles. The quantitative estimate of drug-likeness (QED) is 0.509. The predicted molar refractivity (Wildman–Crippen MR) is 122 cm³/mol. The second-order valence-corrected chi connectivity index (χ2v) is 8.00. The van der Waals surface area contributed by atoms with Crippen molar-refractivity contribution in [2.24, 2.45) is 0 Å². The summed E-state index contributed by atoms with van der Waals surface area (Å²) in [5, 5.41) is 4.28. The van der Waals surface area contributed by atoms with Crippen LogP contribution in [-0.4, -0.2) is 11.8 Å². The van der Waals surface area contributed by atoms with E-state index in [0.717, 1.165) is 21.7 Å². The number of nitrogens with zero attached hydrogens (tertiary/aromatic N) is 1. The van der Waals surface area contributed by atoms with Crippen LogP contribution >= 0.6 is 23.2 Å². The van der Waals surface area contributed by atoms with Gasteiger partial charge in [-0.3, -0.25) is 9.59 Å². The number of hydrogen-bond acceptors (Lipinski definition) is 3. The first kappa shape index (κ1) is 20.2. The summed E-state index contributed by atoms with van der Waals surface area (Å²) in [4.78, 5) is 27.9. The van der Waals surface area contributed by atoms with Crippen LogP contribution in [-0.2, 0) is 9.59 Å². The molecule has 0 unspecified atom stereocenters. The summed E-state index contributed by atoms with van der Waals surface area (Å²) in [7, 11) is 0. The van der Waals surface area contributed by atoms with E-state index in [4.69, 9.17) is 23.2 Å². The molecule has 150 valence electrons. The number of hydrogen-bond donors (Lipinski definition) is 1. The molecule has 1 aliphatic rings. The highest BCUT2D eigenvalue weighted by Gasteiger charge is 2.40. The van der Waals surface area contributed by atoms with E-state index in [9.17, 15) is 9.59 Å². The summed E-state index contributed by atoms with van der Waals surface area (Å²) < 4.78 is 0. The van der Waals surface area contributed by atoms with E-state index >= 15 is 0 Å². The molecule has 1 heterocycles. The molecule has 0 spiro atoms. The lowest BCUT2D eigenvalue weighted by Gasteiger charge is -2.16. The number of anilines is 2. The zero-order chi connectivity index (χ0) is 21.4. The Balaban J connectivity index is 1.83. The molecular formula is C24H18Cl2N2O2. The van der Waals surface area contributed by atoms with Crippen LogP contribution in [0.3, 0.4) is 0 Å². The highest BCUT2D eigenvalue weighted by molar-refractivity contribution is 6.46. The number of carbonyl (C=O) groups excluding carboxylic acids is 2. The molecule has 0 saturated heterocycles. The molecule has 2 amide bonds. The minimum atomic E-state index is -0.424. The lowest BCUT2D eigenvalue weighted by molar-refractivity contribution is -0.120. The molecule has 3 aromatic carbocycles. The van der Waals surface area contributed by atoms with Gasteiger partial charge in [0.05, 0.1) is 11.3 Å². The van der Waals surface area contributed by atoms with Crippen molar-refractivity contribution < 1.29 is 9.59 Å². The third kappa shape index (κ3) is 3.72. The third-order valence-electron chi connectivity index (χ3n) is 4.94. The molecule has 0 bridgehead atoms. The summed E-state index contributed by atoms with van der Waals surface area (Å²) in [6.07, 6.45) is 0. The Kier molecular flexibility index (Phi) is 5.37. The van der Waals surface area contributed by atoms with Gasteiger partial charge in [-0.15, -0.1) is 0 Å². The Morgan fingerprint density at radius 3 is 1.97 bits per heavy atom. The second-order valence-electron chi connectivity index (χ2n) is 7.12. The van der Waals surface area contributed by atoms with E-state index in [1.165, 1.54) is 0 Å². The molecule has 30 heavy (non-hydrogen) atoms. The summed E-state index contributed by atoms with van der Waals surface area (Å²) in [6, 6.07) is 19.3. The molecule has 6 heteroatoms. The van der Waals surface area contributed by atoms with E-state index in [1.807, 2.05) is 32.0 Å². The fourth-order valence-corrected chi connectivity index (χ4v) is 3.70. The average molecular weight is 437 g/mol. The molecule has 1 aliphatic heterocycles. The zero-order valence-electron chi connectivity index (χ0n) is 16.4. The number of halogens is 2. The van der Waals surface area contributed by atoms with Gasteiger partial charge < -0.3 is 5.32 Å². The Labute approximate surface area is 184 Å². The Hall–Kier alpha value is -3.08. The van der Waals surface area contributed by atoms with Gasteiger partial charge >= 0.3 is 0 Å². The maximum Gasteiger partial charge on any atom is 0.282 e. The molecule has 0 atom stereocenters. The van der Waals surface area contributed by atoms with Crippen molar-refractivity contribution >= 4 is 52.0 Å². The van der Waals surface area contributed by atoms with Gasteiger partial charge in [-0.1, -0.05) is 53.0 Å². The van der Waals surface area contributed by atoms with E-state index in [2.05, 4.69) is 5.32 Å². The highest BCUT2D eigenvalue weighted by Crippen LogP contribution is 2.35. The normalized spacial score (nSPS) is 13.9. The summed E-state index contributed by atoms with van der Waals surface area (Å²) in [5.41, 5.74) is 4.45. The van der Waals surface area contributed by atoms with Crippen LogP contribution in [0.2, 0.25) is 10.0 Å². The third-order valence-corrected chi connectivity index (χ3v) is 5.45. The van der Waals surface area contributed by atoms with Crippen LogP contribution in [0.25, 0.3) is 5.57 Å². The standard InChI is InChI=1S/C24H18Cl2N2O2/c1-14-3-12-20(15(2)13-14)27-22-21(16-4-6-17(25)7-5-16)23(29)28(24(22)30)19-10-8-18(26)9-11-19/h3-13,27H,1-2H3. The van der Waals surface area contributed by atoms with Crippen molar-refractivity contribution in [2.75, 3.05) is 10.2 Å². The molecule has 4 nitrogen and oxygen atoms in total. The minimum absolute atomic E-state index is 0.226. The van der Waals surface area contributed by atoms with Crippen LogP contribution in [0.5, 0.6) is 0 Å². The first-order valence-electron chi connectivity index (χ1n) is 9.34. The van der Waals surface area contributed by atoms with Gasteiger partial charge in [-0.05, 0) is 67.4 Å². The molecule has 0 radical (unpaired) electrons. The summed E-state index contributed by atoms with van der Waals surface area (Å²) >= 11 is 12.0. The Morgan fingerprint density at radius 2 is 1.37 bits per heavy atom. The van der Waals surface area contributed by atoms with Gasteiger partial charge in [-0.25, -0.2) is 4.90 Å². The molecule has 0 saturated carbocycles. The average Bonchev–Trinajstić information content (AvgIpc) is 2.95. The lowest BCUT2D eigenvalue weighted by Crippen LogP contribution is -2.32. The summed E-state index contributed by atoms with van der Waals surface area (Å²) in [5.74, 6) is -0.829. The van der Waals surface area contributed by atoms with Crippen LogP contribution in [0.4, 0.5) is 11.4 Å². The van der Waals surface area contributed by atoms with E-state index in [0.29, 0.717) is 26.9 Å². The number of aryl methyl sites for hydroxylation is 2. The van der Waals surface area contributed by atoms with Crippen molar-refractivity contribution in [3.63, 3.8) is 0 Å². The van der Waals surface area contributed by atoms with Crippen LogP contribution < -0.4 is 10.2 Å². The van der Waals surface area contributed by atoms with Crippen LogP contribution in [0.1, 0.15) is 16.7 Å². The van der Waals surface area contributed by atoms with Crippen molar-refractivity contribution in [3.05, 3.63) is 99.2 Å². The van der Waals surface area contributed by atoms with Crippen molar-refractivity contribution in [1.29, 1.82) is 0 Å². The number of carbonyl (C=O) groups is 2. The van der Waals surface area contributed by atoms with Crippen molar-refractivity contribution in [3.8, 4) is 0 Å². The first-order chi connectivity index (χ1) is 14.3. The van der Waals surface area contributed by atoms with Gasteiger partial charge in [0, 0.05) is 15.7 Å². The van der Waals surface area contributed by atoms with Crippen molar-refractivity contribution in [2.45, 2.75) is 13.8 Å². The van der Waals surface area contributed by atoms with Gasteiger partial charge in [0.1, 0.15) is 5.70 Å². The van der Waals surface area contributed by atoms with Crippen LogP contribution in [0.15, 0.2) is 72.4 Å². The molecule has 1 N–H and O–H groups in total. The SMILES string of the molecule is Cc1ccc(NC2=C(c3ccc(Cl)cc3)C(=O)N(c3ccc(Cl)cc3)C2=O)c(C)c1. The highest BCUT2D eigenvalue weighted by atomic mass is 35.5. The minimum Gasteiger partial charge on any atom is -0.350 e. The Morgan fingerprint density at radius 1 is 0.767 bits per heavy atom. The second kappa shape index (κ2) is 7.98.